The fraction of sp³-hybridized carbons (Fsp3) is 0.0408. The zero-order chi connectivity index (χ0) is 68.7. The third-order valence-corrected chi connectivity index (χ3v) is 21.2. The number of nitrogens with zero attached hydrogens (tertiary/aromatic N) is 4. The molecule has 5 heteroatoms. The molecule has 19 rings (SSSR count). The van der Waals surface area contributed by atoms with Crippen LogP contribution in [0.15, 0.2) is 376 Å². The highest BCUT2D eigenvalue weighted by Crippen LogP contribution is 2.52. The molecule has 4 nitrogen and oxygen atoms in total. The molecule has 0 saturated heterocycles. The minimum Gasteiger partial charge on any atom is -0.311 e. The highest BCUT2D eigenvalue weighted by molar-refractivity contribution is 7.00. The van der Waals surface area contributed by atoms with Gasteiger partial charge in [0, 0.05) is 67.4 Å². The normalized spacial score (nSPS) is 12.4. The van der Waals surface area contributed by atoms with Gasteiger partial charge in [0.15, 0.2) is 0 Å². The standard InChI is InChI=1S/C98H71BN4/c1-98(2,3)78-62-91-95-92(63-78)101(82-60-76(68-36-16-6-17-37-68)57-77(61-82)69-38-18-7-19-39-69)90-65-80(103-88-51-31-29-49-84(88)94(71-42-22-9-23-43-71)97(103)73-46-26-11-27-47-73)53-55-86(90)99(95)85-54-52-79(102-87-50-30-28-48-83(87)93(70-40-20-8-21-41-70)96(102)72-44-24-10-25-45-72)64-89(85)100(91)81-58-74(66-32-12-4-13-33-66)56-75(59-81)67-34-14-5-15-35-67/h4-65H,1-3H3. The monoisotopic (exact) mass is 1310 g/mol. The Kier molecular flexibility index (Phi) is 14.9. The van der Waals surface area contributed by atoms with Crippen LogP contribution in [0.5, 0.6) is 0 Å². The molecule has 2 aromatic heterocycles. The lowest BCUT2D eigenvalue weighted by Gasteiger charge is -2.45. The van der Waals surface area contributed by atoms with Gasteiger partial charge in [-0.1, -0.05) is 312 Å². The van der Waals surface area contributed by atoms with Crippen LogP contribution in [0.3, 0.4) is 0 Å². The average molecular weight is 1320 g/mol. The summed E-state index contributed by atoms with van der Waals surface area (Å²) in [5.74, 6) is 0. The van der Waals surface area contributed by atoms with Crippen LogP contribution in [0.4, 0.5) is 34.1 Å². The summed E-state index contributed by atoms with van der Waals surface area (Å²) in [5.41, 5.74) is 34.2. The molecular formula is C98H71BN4. The van der Waals surface area contributed by atoms with Crippen LogP contribution in [-0.2, 0) is 5.41 Å². The lowest BCUT2D eigenvalue weighted by molar-refractivity contribution is 0.590. The highest BCUT2D eigenvalue weighted by Gasteiger charge is 2.45. The van der Waals surface area contributed by atoms with E-state index in [0.29, 0.717) is 0 Å². The van der Waals surface area contributed by atoms with Gasteiger partial charge in [-0.15, -0.1) is 0 Å². The van der Waals surface area contributed by atoms with Crippen LogP contribution in [0.1, 0.15) is 26.3 Å². The Bertz CT molecular complexity index is 5580. The fourth-order valence-electron chi connectivity index (χ4n) is 16.5. The molecule has 486 valence electrons. The summed E-state index contributed by atoms with van der Waals surface area (Å²) in [5, 5.41) is 2.39. The van der Waals surface area contributed by atoms with E-state index in [2.05, 4.69) is 416 Å². The largest absolute Gasteiger partial charge is 0.311 e. The predicted molar refractivity (Wildman–Crippen MR) is 436 cm³/mol. The fourth-order valence-corrected chi connectivity index (χ4v) is 16.5. The van der Waals surface area contributed by atoms with Crippen LogP contribution in [-0.4, -0.2) is 15.8 Å². The van der Waals surface area contributed by atoms with Crippen molar-refractivity contribution in [1.29, 1.82) is 0 Å². The zero-order valence-corrected chi connectivity index (χ0v) is 57.7. The SMILES string of the molecule is CC(C)(C)c1cc2c3c(c1)N(c1cc(-c4ccccc4)cc(-c4ccccc4)c1)c1cc(-n4c(-c5ccccc5)c(-c5ccccc5)c5ccccc54)ccc1B3c1ccc(-n3c(-c4ccccc4)c(-c4ccccc4)c4ccccc43)cc1N2c1cc(-c2ccccc2)cc(-c2ccccc2)c1. The summed E-state index contributed by atoms with van der Waals surface area (Å²) in [7, 11) is 0. The first kappa shape index (κ1) is 61.2. The number of aromatic nitrogens is 2. The molecule has 0 fully saturated rings. The molecule has 2 aliphatic heterocycles. The van der Waals surface area contributed by atoms with Gasteiger partial charge in [0.1, 0.15) is 0 Å². The molecule has 103 heavy (non-hydrogen) atoms. The Morgan fingerprint density at radius 1 is 0.233 bits per heavy atom. The van der Waals surface area contributed by atoms with Crippen molar-refractivity contribution in [3.63, 3.8) is 0 Å². The second-order valence-electron chi connectivity index (χ2n) is 28.4. The van der Waals surface area contributed by atoms with E-state index in [1.165, 1.54) is 55.0 Å². The Morgan fingerprint density at radius 2 is 0.524 bits per heavy atom. The van der Waals surface area contributed by atoms with Gasteiger partial charge in [0.25, 0.3) is 6.71 Å². The number of anilines is 6. The summed E-state index contributed by atoms with van der Waals surface area (Å²) in [6, 6.07) is 140. The quantitative estimate of drug-likeness (QED) is 0.113. The first-order valence-electron chi connectivity index (χ1n) is 35.8. The Morgan fingerprint density at radius 3 is 0.845 bits per heavy atom. The van der Waals surface area contributed by atoms with E-state index in [9.17, 15) is 0 Å². The average Bonchev–Trinajstić information content (AvgIpc) is 1.15. The van der Waals surface area contributed by atoms with Crippen LogP contribution < -0.4 is 26.2 Å². The molecule has 0 amide bonds. The smallest absolute Gasteiger partial charge is 0.252 e. The maximum atomic E-state index is 2.64. The summed E-state index contributed by atoms with van der Waals surface area (Å²) >= 11 is 0. The van der Waals surface area contributed by atoms with E-state index >= 15 is 0 Å². The summed E-state index contributed by atoms with van der Waals surface area (Å²) in [6.45, 7) is 6.90. The van der Waals surface area contributed by atoms with Gasteiger partial charge in [-0.05, 0) is 179 Å². The Labute approximate surface area is 602 Å². The number of hydrogen-bond donors (Lipinski definition) is 0. The Balaban J connectivity index is 0.953. The van der Waals surface area contributed by atoms with E-state index < -0.39 is 0 Å². The molecule has 2 aliphatic rings. The summed E-state index contributed by atoms with van der Waals surface area (Å²) in [4.78, 5) is 5.29. The topological polar surface area (TPSA) is 16.3 Å². The zero-order valence-electron chi connectivity index (χ0n) is 57.7. The third kappa shape index (κ3) is 10.5. The van der Waals surface area contributed by atoms with Crippen molar-refractivity contribution in [3.8, 4) is 101 Å². The Hall–Kier alpha value is -13.0. The van der Waals surface area contributed by atoms with Crippen molar-refractivity contribution in [2.45, 2.75) is 26.2 Å². The molecule has 0 bridgehead atoms. The van der Waals surface area contributed by atoms with Gasteiger partial charge < -0.3 is 18.9 Å². The minimum atomic E-state index is -0.310. The van der Waals surface area contributed by atoms with Gasteiger partial charge in [0.2, 0.25) is 0 Å². The molecule has 4 heterocycles. The molecule has 0 unspecified atom stereocenters. The predicted octanol–water partition coefficient (Wildman–Crippen LogP) is 24.3. The van der Waals surface area contributed by atoms with E-state index in [-0.39, 0.29) is 12.1 Å². The van der Waals surface area contributed by atoms with Crippen molar-refractivity contribution in [2.75, 3.05) is 9.80 Å². The van der Waals surface area contributed by atoms with Crippen LogP contribution in [0, 0.1) is 0 Å². The first-order valence-corrected chi connectivity index (χ1v) is 35.8. The highest BCUT2D eigenvalue weighted by atomic mass is 15.2. The number of fused-ring (bicyclic) bond motifs is 6. The number of benzene rings is 15. The molecule has 0 N–H and O–H groups in total. The molecule has 15 aromatic carbocycles. The molecule has 0 aliphatic carbocycles. The maximum absolute atomic E-state index is 2.64. The van der Waals surface area contributed by atoms with Crippen molar-refractivity contribution >= 4 is 79.0 Å². The maximum Gasteiger partial charge on any atom is 0.252 e. The van der Waals surface area contributed by atoms with E-state index in [0.717, 1.165) is 124 Å². The lowest BCUT2D eigenvalue weighted by Crippen LogP contribution is -2.61. The van der Waals surface area contributed by atoms with Crippen molar-refractivity contribution < 1.29 is 0 Å². The molecule has 0 saturated carbocycles. The van der Waals surface area contributed by atoms with Crippen LogP contribution >= 0.6 is 0 Å². The van der Waals surface area contributed by atoms with Crippen LogP contribution in [0.2, 0.25) is 0 Å². The number of hydrogen-bond acceptors (Lipinski definition) is 2. The molecular weight excluding hydrogens is 1240 g/mol. The van der Waals surface area contributed by atoms with E-state index in [1.807, 2.05) is 0 Å². The molecule has 0 radical (unpaired) electrons. The second kappa shape index (κ2) is 25.0. The lowest BCUT2D eigenvalue weighted by atomic mass is 9.33. The van der Waals surface area contributed by atoms with Crippen molar-refractivity contribution in [2.24, 2.45) is 0 Å². The van der Waals surface area contributed by atoms with E-state index in [4.69, 9.17) is 0 Å². The number of rotatable bonds is 12. The van der Waals surface area contributed by atoms with Gasteiger partial charge in [0.05, 0.1) is 22.4 Å². The third-order valence-electron chi connectivity index (χ3n) is 21.2. The first-order chi connectivity index (χ1) is 50.8. The number of para-hydroxylation sites is 2. The summed E-state index contributed by atoms with van der Waals surface area (Å²) < 4.78 is 5.08. The second-order valence-corrected chi connectivity index (χ2v) is 28.4. The summed E-state index contributed by atoms with van der Waals surface area (Å²) in [6.07, 6.45) is 0. The van der Waals surface area contributed by atoms with Gasteiger partial charge in [-0.2, -0.15) is 0 Å². The molecule has 0 atom stereocenters. The molecule has 0 spiro atoms. The van der Waals surface area contributed by atoms with Crippen molar-refractivity contribution in [1.82, 2.24) is 9.13 Å². The van der Waals surface area contributed by atoms with Crippen molar-refractivity contribution in [3.05, 3.63) is 382 Å². The van der Waals surface area contributed by atoms with E-state index in [1.54, 1.807) is 0 Å². The molecule has 17 aromatic rings. The van der Waals surface area contributed by atoms with Gasteiger partial charge in [-0.25, -0.2) is 0 Å². The van der Waals surface area contributed by atoms with Gasteiger partial charge >= 0.3 is 0 Å². The minimum absolute atomic E-state index is 0.235. The van der Waals surface area contributed by atoms with Gasteiger partial charge in [-0.3, -0.25) is 0 Å². The van der Waals surface area contributed by atoms with Crippen LogP contribution in [0.25, 0.3) is 122 Å².